The lowest BCUT2D eigenvalue weighted by atomic mass is 10.1. The maximum atomic E-state index is 4.51. The Labute approximate surface area is 123 Å². The van der Waals surface area contributed by atoms with Crippen LogP contribution in [0.25, 0.3) is 5.69 Å². The number of benzene rings is 1. The van der Waals surface area contributed by atoms with Gasteiger partial charge in [0.2, 0.25) is 0 Å². The third kappa shape index (κ3) is 3.45. The van der Waals surface area contributed by atoms with Gasteiger partial charge in [-0.05, 0) is 50.6 Å². The average molecular weight is 322 g/mol. The maximum Gasteiger partial charge on any atom is 0.0704 e. The monoisotopic (exact) mass is 321 g/mol. The second-order valence-electron chi connectivity index (χ2n) is 4.78. The Morgan fingerprint density at radius 3 is 2.79 bits per heavy atom. The fourth-order valence-corrected chi connectivity index (χ4v) is 2.45. The molecule has 102 valence electrons. The van der Waals surface area contributed by atoms with E-state index in [0.717, 1.165) is 28.8 Å². The summed E-state index contributed by atoms with van der Waals surface area (Å²) in [5, 5.41) is 8.04. The number of nitrogens with zero attached hydrogens (tertiary/aromatic N) is 2. The van der Waals surface area contributed by atoms with Gasteiger partial charge in [0, 0.05) is 16.7 Å². The smallest absolute Gasteiger partial charge is 0.0704 e. The highest BCUT2D eigenvalue weighted by Gasteiger charge is 2.12. The third-order valence-corrected chi connectivity index (χ3v) is 3.62. The van der Waals surface area contributed by atoms with E-state index >= 15 is 0 Å². The molecular weight excluding hydrogens is 302 g/mol. The molecule has 0 fully saturated rings. The van der Waals surface area contributed by atoms with Crippen LogP contribution in [-0.4, -0.2) is 16.3 Å². The lowest BCUT2D eigenvalue weighted by Gasteiger charge is -2.18. The van der Waals surface area contributed by atoms with Crippen molar-refractivity contribution in [1.82, 2.24) is 15.1 Å². The maximum absolute atomic E-state index is 4.51. The number of halogens is 1. The molecule has 1 aromatic carbocycles. The Balaban J connectivity index is 2.38. The Kier molecular flexibility index (Phi) is 4.77. The van der Waals surface area contributed by atoms with Gasteiger partial charge in [0.05, 0.1) is 11.4 Å². The van der Waals surface area contributed by atoms with Crippen LogP contribution in [0.2, 0.25) is 0 Å². The average Bonchev–Trinajstić information content (AvgIpc) is 2.82. The van der Waals surface area contributed by atoms with Crippen LogP contribution in [0.1, 0.15) is 37.6 Å². The number of rotatable bonds is 5. The Hall–Kier alpha value is -1.13. The molecule has 4 heteroatoms. The standard InChI is InChI=1S/C15H20BrN3/c1-4-8-17-12(3)14-6-5-13(16)10-15(14)19-9-7-11(2)18-19/h5-7,9-10,12,17H,4,8H2,1-3H3. The van der Waals surface area contributed by atoms with E-state index in [2.05, 4.69) is 58.4 Å². The highest BCUT2D eigenvalue weighted by molar-refractivity contribution is 9.10. The van der Waals surface area contributed by atoms with Gasteiger partial charge in [0.15, 0.2) is 0 Å². The van der Waals surface area contributed by atoms with Gasteiger partial charge in [-0.2, -0.15) is 5.10 Å². The highest BCUT2D eigenvalue weighted by Crippen LogP contribution is 2.25. The van der Waals surface area contributed by atoms with Gasteiger partial charge in [-0.1, -0.05) is 28.9 Å². The number of aryl methyl sites for hydroxylation is 1. The van der Waals surface area contributed by atoms with Crippen LogP contribution in [-0.2, 0) is 0 Å². The molecule has 0 radical (unpaired) electrons. The van der Waals surface area contributed by atoms with Gasteiger partial charge in [0.1, 0.15) is 0 Å². The highest BCUT2D eigenvalue weighted by atomic mass is 79.9. The summed E-state index contributed by atoms with van der Waals surface area (Å²) in [6, 6.07) is 8.69. The van der Waals surface area contributed by atoms with Crippen molar-refractivity contribution in [3.63, 3.8) is 0 Å². The molecule has 0 aliphatic heterocycles. The van der Waals surface area contributed by atoms with Crippen molar-refractivity contribution in [3.05, 3.63) is 46.2 Å². The first-order valence-corrected chi connectivity index (χ1v) is 7.46. The van der Waals surface area contributed by atoms with Gasteiger partial charge in [-0.25, -0.2) is 4.68 Å². The van der Waals surface area contributed by atoms with Crippen LogP contribution >= 0.6 is 15.9 Å². The van der Waals surface area contributed by atoms with E-state index in [1.54, 1.807) is 0 Å². The minimum Gasteiger partial charge on any atom is -0.310 e. The molecule has 0 saturated carbocycles. The number of hydrogen-bond donors (Lipinski definition) is 1. The zero-order chi connectivity index (χ0) is 13.8. The van der Waals surface area contributed by atoms with Crippen molar-refractivity contribution >= 4 is 15.9 Å². The number of hydrogen-bond acceptors (Lipinski definition) is 2. The second-order valence-corrected chi connectivity index (χ2v) is 5.70. The molecule has 0 saturated heterocycles. The molecule has 1 N–H and O–H groups in total. The minimum absolute atomic E-state index is 0.313. The summed E-state index contributed by atoms with van der Waals surface area (Å²) >= 11 is 3.54. The van der Waals surface area contributed by atoms with Crippen molar-refractivity contribution in [3.8, 4) is 5.69 Å². The molecule has 1 heterocycles. The van der Waals surface area contributed by atoms with Gasteiger partial charge < -0.3 is 5.32 Å². The van der Waals surface area contributed by atoms with Crippen molar-refractivity contribution < 1.29 is 0 Å². The normalized spacial score (nSPS) is 12.6. The van der Waals surface area contributed by atoms with E-state index in [1.165, 1.54) is 5.56 Å². The Morgan fingerprint density at radius 1 is 1.37 bits per heavy atom. The second kappa shape index (κ2) is 6.35. The molecule has 2 rings (SSSR count). The lowest BCUT2D eigenvalue weighted by Crippen LogP contribution is -2.20. The molecule has 0 spiro atoms. The molecular formula is C15H20BrN3. The molecule has 0 amide bonds. The molecule has 0 bridgehead atoms. The van der Waals surface area contributed by atoms with Crippen LogP contribution in [0.5, 0.6) is 0 Å². The fraction of sp³-hybridized carbons (Fsp3) is 0.400. The summed E-state index contributed by atoms with van der Waals surface area (Å²) in [5.41, 5.74) is 3.42. The first-order chi connectivity index (χ1) is 9.11. The van der Waals surface area contributed by atoms with Crippen LogP contribution in [0.4, 0.5) is 0 Å². The SMILES string of the molecule is CCCNC(C)c1ccc(Br)cc1-n1ccc(C)n1. The molecule has 1 aromatic heterocycles. The molecule has 1 atom stereocenters. The molecule has 0 aliphatic carbocycles. The predicted octanol–water partition coefficient (Wildman–Crippen LogP) is 4.00. The Bertz CT molecular complexity index is 548. The van der Waals surface area contributed by atoms with E-state index in [1.807, 2.05) is 23.9 Å². The summed E-state index contributed by atoms with van der Waals surface area (Å²) in [7, 11) is 0. The topological polar surface area (TPSA) is 29.9 Å². The van der Waals surface area contributed by atoms with E-state index in [9.17, 15) is 0 Å². The van der Waals surface area contributed by atoms with E-state index in [0.29, 0.717) is 6.04 Å². The molecule has 3 nitrogen and oxygen atoms in total. The summed E-state index contributed by atoms with van der Waals surface area (Å²) in [5.74, 6) is 0. The third-order valence-electron chi connectivity index (χ3n) is 3.13. The largest absolute Gasteiger partial charge is 0.310 e. The summed E-state index contributed by atoms with van der Waals surface area (Å²) in [6.07, 6.45) is 3.14. The predicted molar refractivity (Wildman–Crippen MR) is 82.7 cm³/mol. The van der Waals surface area contributed by atoms with Crippen LogP contribution in [0, 0.1) is 6.92 Å². The Morgan fingerprint density at radius 2 is 2.16 bits per heavy atom. The first kappa shape index (κ1) is 14.3. The van der Waals surface area contributed by atoms with Gasteiger partial charge in [-0.15, -0.1) is 0 Å². The van der Waals surface area contributed by atoms with Crippen molar-refractivity contribution in [2.75, 3.05) is 6.54 Å². The van der Waals surface area contributed by atoms with Crippen molar-refractivity contribution in [1.29, 1.82) is 0 Å². The summed E-state index contributed by atoms with van der Waals surface area (Å²) in [4.78, 5) is 0. The zero-order valence-corrected chi connectivity index (χ0v) is 13.2. The van der Waals surface area contributed by atoms with Crippen LogP contribution in [0.3, 0.4) is 0 Å². The zero-order valence-electron chi connectivity index (χ0n) is 11.7. The van der Waals surface area contributed by atoms with Gasteiger partial charge in [-0.3, -0.25) is 0 Å². The van der Waals surface area contributed by atoms with E-state index in [-0.39, 0.29) is 0 Å². The van der Waals surface area contributed by atoms with Crippen molar-refractivity contribution in [2.45, 2.75) is 33.2 Å². The van der Waals surface area contributed by atoms with Crippen molar-refractivity contribution in [2.24, 2.45) is 0 Å². The molecule has 1 unspecified atom stereocenters. The number of nitrogens with one attached hydrogen (secondary N) is 1. The lowest BCUT2D eigenvalue weighted by molar-refractivity contribution is 0.567. The van der Waals surface area contributed by atoms with Crippen LogP contribution in [0.15, 0.2) is 34.9 Å². The van der Waals surface area contributed by atoms with E-state index in [4.69, 9.17) is 0 Å². The van der Waals surface area contributed by atoms with E-state index < -0.39 is 0 Å². The van der Waals surface area contributed by atoms with Gasteiger partial charge in [0.25, 0.3) is 0 Å². The quantitative estimate of drug-likeness (QED) is 0.901. The number of aromatic nitrogens is 2. The summed E-state index contributed by atoms with van der Waals surface area (Å²) in [6.45, 7) is 7.40. The summed E-state index contributed by atoms with van der Waals surface area (Å²) < 4.78 is 3.02. The first-order valence-electron chi connectivity index (χ1n) is 6.67. The molecule has 19 heavy (non-hydrogen) atoms. The molecule has 0 aliphatic rings. The molecule has 2 aromatic rings. The minimum atomic E-state index is 0.313. The van der Waals surface area contributed by atoms with Gasteiger partial charge >= 0.3 is 0 Å². The van der Waals surface area contributed by atoms with Crippen LogP contribution < -0.4 is 5.32 Å². The fourth-order valence-electron chi connectivity index (χ4n) is 2.10.